The molecule has 8 heteroatoms. The number of halogens is 5. The molecule has 0 bridgehead atoms. The first-order valence-electron chi connectivity index (χ1n) is 4.06. The lowest BCUT2D eigenvalue weighted by molar-refractivity contribution is -0.138. The second-order valence-electron chi connectivity index (χ2n) is 2.89. The summed E-state index contributed by atoms with van der Waals surface area (Å²) in [5, 5.41) is 8.41. The van der Waals surface area contributed by atoms with Gasteiger partial charge in [0.05, 0.1) is 5.56 Å². The van der Waals surface area contributed by atoms with Crippen LogP contribution in [0.5, 0.6) is 0 Å². The molecule has 1 heterocycles. The topological polar surface area (TPSA) is 53.8 Å². The van der Waals surface area contributed by atoms with Crippen molar-refractivity contribution in [3.8, 4) is 6.07 Å². The van der Waals surface area contributed by atoms with Crippen molar-refractivity contribution in [2.45, 2.75) is 12.6 Å². The Kier molecular flexibility index (Phi) is 3.41. The molecule has 0 aliphatic rings. The summed E-state index contributed by atoms with van der Waals surface area (Å²) in [6.45, 7) is 0. The van der Waals surface area contributed by atoms with Crippen LogP contribution in [0.2, 0.25) is 0 Å². The van der Waals surface area contributed by atoms with Gasteiger partial charge in [-0.05, 0) is 6.07 Å². The highest BCUT2D eigenvalue weighted by molar-refractivity contribution is 5.77. The molecule has 0 radical (unpaired) electrons. The van der Waals surface area contributed by atoms with Crippen LogP contribution in [0, 0.1) is 11.3 Å². The molecule has 0 spiro atoms. The predicted molar refractivity (Wildman–Crippen MR) is 44.3 cm³/mol. The summed E-state index contributed by atoms with van der Waals surface area (Å²) in [5.41, 5.74) is -4.71. The minimum absolute atomic E-state index is 0.162. The molecule has 0 fully saturated rings. The molecule has 0 saturated carbocycles. The van der Waals surface area contributed by atoms with Crippen molar-refractivity contribution in [2.24, 2.45) is 0 Å². The lowest BCUT2D eigenvalue weighted by Crippen LogP contribution is -2.12. The van der Waals surface area contributed by atoms with Gasteiger partial charge in [-0.3, -0.25) is 4.79 Å². The Labute approximate surface area is 91.5 Å². The number of carbonyl (C=O) groups is 1. The van der Waals surface area contributed by atoms with Crippen molar-refractivity contribution in [2.75, 3.05) is 0 Å². The van der Waals surface area contributed by atoms with Crippen LogP contribution in [-0.4, -0.2) is 11.3 Å². The third-order valence-corrected chi connectivity index (χ3v) is 1.83. The number of nitriles is 1. The van der Waals surface area contributed by atoms with E-state index in [2.05, 4.69) is 4.98 Å². The van der Waals surface area contributed by atoms with Crippen LogP contribution in [0.1, 0.15) is 33.7 Å². The summed E-state index contributed by atoms with van der Waals surface area (Å²) in [6, 6.07) is 1.26. The van der Waals surface area contributed by atoms with E-state index in [0.29, 0.717) is 0 Å². The fourth-order valence-electron chi connectivity index (χ4n) is 1.11. The molecule has 1 rings (SSSR count). The van der Waals surface area contributed by atoms with Crippen molar-refractivity contribution < 1.29 is 26.7 Å². The first-order chi connectivity index (χ1) is 7.81. The van der Waals surface area contributed by atoms with E-state index in [9.17, 15) is 26.7 Å². The van der Waals surface area contributed by atoms with Crippen molar-refractivity contribution in [3.63, 3.8) is 0 Å². The van der Waals surface area contributed by atoms with Crippen molar-refractivity contribution in [3.05, 3.63) is 28.6 Å². The lowest BCUT2D eigenvalue weighted by Gasteiger charge is -2.11. The van der Waals surface area contributed by atoms with Gasteiger partial charge in [0.1, 0.15) is 11.8 Å². The Hall–Kier alpha value is -2.04. The van der Waals surface area contributed by atoms with Gasteiger partial charge in [-0.2, -0.15) is 18.4 Å². The molecule has 3 nitrogen and oxygen atoms in total. The summed E-state index contributed by atoms with van der Waals surface area (Å²) in [6.07, 6.45) is -8.33. The molecule has 0 amide bonds. The molecule has 1 aromatic rings. The zero-order chi connectivity index (χ0) is 13.2. The van der Waals surface area contributed by atoms with E-state index in [-0.39, 0.29) is 12.4 Å². The number of hydrogen-bond acceptors (Lipinski definition) is 3. The minimum atomic E-state index is -4.93. The Morgan fingerprint density at radius 2 is 2.00 bits per heavy atom. The van der Waals surface area contributed by atoms with Crippen molar-refractivity contribution >= 4 is 6.29 Å². The predicted octanol–water partition coefficient (Wildman–Crippen LogP) is 2.72. The number of pyridine rings is 1. The lowest BCUT2D eigenvalue weighted by atomic mass is 10.1. The highest BCUT2D eigenvalue weighted by atomic mass is 19.4. The van der Waals surface area contributed by atoms with Crippen LogP contribution >= 0.6 is 0 Å². The largest absolute Gasteiger partial charge is 0.419 e. The molecule has 0 aliphatic heterocycles. The van der Waals surface area contributed by atoms with Gasteiger partial charge < -0.3 is 0 Å². The maximum Gasteiger partial charge on any atom is 0.419 e. The first kappa shape index (κ1) is 13.0. The Morgan fingerprint density at radius 3 is 2.35 bits per heavy atom. The standard InChI is InChI=1S/C9H3F5N2O/c10-8(11)7-4(3-17)1-5(9(12,13)14)6(2-15)16-7/h1,3,8H. The molecule has 0 N–H and O–H groups in total. The number of aldehydes is 1. The van der Waals surface area contributed by atoms with Crippen molar-refractivity contribution in [1.82, 2.24) is 4.98 Å². The Bertz CT molecular complexity index is 489. The Balaban J connectivity index is 3.56. The fourth-order valence-corrected chi connectivity index (χ4v) is 1.11. The molecule has 0 atom stereocenters. The summed E-state index contributed by atoms with van der Waals surface area (Å²) in [5.74, 6) is 0. The molecule has 1 aromatic heterocycles. The molecule has 0 aromatic carbocycles. The van der Waals surface area contributed by atoms with Gasteiger partial charge in [0.2, 0.25) is 0 Å². The highest BCUT2D eigenvalue weighted by Crippen LogP contribution is 2.33. The average molecular weight is 250 g/mol. The molecule has 0 saturated heterocycles. The monoisotopic (exact) mass is 250 g/mol. The molecule has 17 heavy (non-hydrogen) atoms. The number of nitrogens with zero attached hydrogens (tertiary/aromatic N) is 2. The summed E-state index contributed by atoms with van der Waals surface area (Å²) in [7, 11) is 0. The van der Waals surface area contributed by atoms with E-state index in [1.165, 1.54) is 0 Å². The zero-order valence-corrected chi connectivity index (χ0v) is 7.92. The van der Waals surface area contributed by atoms with Gasteiger partial charge >= 0.3 is 6.18 Å². The van der Waals surface area contributed by atoms with Crippen LogP contribution in [-0.2, 0) is 6.18 Å². The van der Waals surface area contributed by atoms with Crippen LogP contribution in [0.15, 0.2) is 6.07 Å². The molecule has 90 valence electrons. The Morgan fingerprint density at radius 1 is 1.41 bits per heavy atom. The van der Waals surface area contributed by atoms with E-state index in [1.807, 2.05) is 0 Å². The first-order valence-corrected chi connectivity index (χ1v) is 4.06. The van der Waals surface area contributed by atoms with Crippen molar-refractivity contribution in [1.29, 1.82) is 5.26 Å². The van der Waals surface area contributed by atoms with Gasteiger partial charge in [-0.25, -0.2) is 13.8 Å². The normalized spacial score (nSPS) is 11.4. The second kappa shape index (κ2) is 4.45. The SMILES string of the molecule is N#Cc1nc(C(F)F)c(C=O)cc1C(F)(F)F. The second-order valence-corrected chi connectivity index (χ2v) is 2.89. The summed E-state index contributed by atoms with van der Waals surface area (Å²) in [4.78, 5) is 13.3. The summed E-state index contributed by atoms with van der Waals surface area (Å²) >= 11 is 0. The van der Waals surface area contributed by atoms with E-state index in [4.69, 9.17) is 5.26 Å². The number of aromatic nitrogens is 1. The minimum Gasteiger partial charge on any atom is -0.298 e. The van der Waals surface area contributed by atoms with E-state index in [0.717, 1.165) is 6.07 Å². The molecular formula is C9H3F5N2O. The quantitative estimate of drug-likeness (QED) is 0.599. The van der Waals surface area contributed by atoms with Gasteiger partial charge in [0.15, 0.2) is 12.0 Å². The maximum absolute atomic E-state index is 12.4. The highest BCUT2D eigenvalue weighted by Gasteiger charge is 2.36. The third-order valence-electron chi connectivity index (χ3n) is 1.83. The van der Waals surface area contributed by atoms with E-state index < -0.39 is 35.1 Å². The number of carbonyl (C=O) groups excluding carboxylic acids is 1. The van der Waals surface area contributed by atoms with Gasteiger partial charge in [0.25, 0.3) is 6.43 Å². The van der Waals surface area contributed by atoms with E-state index in [1.54, 1.807) is 0 Å². The zero-order valence-electron chi connectivity index (χ0n) is 7.92. The maximum atomic E-state index is 12.4. The molecule has 0 aliphatic carbocycles. The number of alkyl halides is 5. The molecular weight excluding hydrogens is 247 g/mol. The number of rotatable bonds is 2. The van der Waals surface area contributed by atoms with Crippen LogP contribution in [0.3, 0.4) is 0 Å². The van der Waals surface area contributed by atoms with Crippen LogP contribution in [0.4, 0.5) is 22.0 Å². The smallest absolute Gasteiger partial charge is 0.298 e. The molecule has 0 unspecified atom stereocenters. The van der Waals surface area contributed by atoms with Crippen LogP contribution < -0.4 is 0 Å². The van der Waals surface area contributed by atoms with Gasteiger partial charge in [0, 0.05) is 5.56 Å². The average Bonchev–Trinajstić information content (AvgIpc) is 2.25. The third kappa shape index (κ3) is 2.55. The van der Waals surface area contributed by atoms with Crippen LogP contribution in [0.25, 0.3) is 0 Å². The fraction of sp³-hybridized carbons (Fsp3) is 0.222. The number of hydrogen-bond donors (Lipinski definition) is 0. The van der Waals surface area contributed by atoms with Gasteiger partial charge in [-0.15, -0.1) is 0 Å². The summed E-state index contributed by atoms with van der Waals surface area (Å²) < 4.78 is 61.9. The van der Waals surface area contributed by atoms with E-state index >= 15 is 0 Å². The van der Waals surface area contributed by atoms with Gasteiger partial charge in [-0.1, -0.05) is 0 Å².